The van der Waals surface area contributed by atoms with Gasteiger partial charge in [-0.1, -0.05) is 188 Å². The van der Waals surface area contributed by atoms with Crippen LogP contribution in [0.4, 0.5) is 0 Å². The molecule has 0 bridgehead atoms. The predicted octanol–water partition coefficient (Wildman–Crippen LogP) is 15.3. The molecule has 4 heterocycles. The summed E-state index contributed by atoms with van der Waals surface area (Å²) in [5, 5.41) is 9.45. The molecule has 4 aromatic heterocycles. The first-order chi connectivity index (χ1) is 33.3. The van der Waals surface area contributed by atoms with Crippen LogP contribution in [-0.2, 0) is 0 Å². The summed E-state index contributed by atoms with van der Waals surface area (Å²) < 4.78 is 7.46. The van der Waals surface area contributed by atoms with Crippen molar-refractivity contribution in [2.45, 2.75) is 0 Å². The van der Waals surface area contributed by atoms with Gasteiger partial charge in [0.2, 0.25) is 0 Å². The summed E-state index contributed by atoms with van der Waals surface area (Å²) in [4.78, 5) is 15.9. The van der Waals surface area contributed by atoms with Gasteiger partial charge in [0.15, 0.2) is 17.5 Å². The Labute approximate surface area is 384 Å². The zero-order valence-corrected chi connectivity index (χ0v) is 36.1. The average Bonchev–Trinajstić information content (AvgIpc) is 4.05. The lowest BCUT2D eigenvalue weighted by molar-refractivity contribution is 1.04. The van der Waals surface area contributed by atoms with Crippen LogP contribution in [-0.4, -0.2) is 28.7 Å². The van der Waals surface area contributed by atoms with Gasteiger partial charge in [-0.25, -0.2) is 15.0 Å². The third kappa shape index (κ3) is 5.66. The van der Waals surface area contributed by atoms with Crippen LogP contribution in [0.1, 0.15) is 0 Å². The van der Waals surface area contributed by atoms with E-state index in [0.717, 1.165) is 66.9 Å². The van der Waals surface area contributed by atoms with Crippen LogP contribution in [0.3, 0.4) is 0 Å². The SMILES string of the molecule is c1ccc(-c2nc(-c3ccccc3)nc(-c3cc(-n4c5ccccc5c5ccccc54)c(-n4c5ccccc5c5ccc6ccccc6c54)c(-n4c5ccccc5c5ccccc54)c3)n2)cc1. The van der Waals surface area contributed by atoms with Gasteiger partial charge in [0, 0.05) is 54.4 Å². The Morgan fingerprint density at radius 2 is 0.597 bits per heavy atom. The molecule has 0 saturated heterocycles. The van der Waals surface area contributed by atoms with Crippen LogP contribution in [0.5, 0.6) is 0 Å². The van der Waals surface area contributed by atoms with Crippen molar-refractivity contribution in [3.8, 4) is 51.2 Å². The Morgan fingerprint density at radius 3 is 1.04 bits per heavy atom. The van der Waals surface area contributed by atoms with Crippen molar-refractivity contribution in [3.05, 3.63) is 231 Å². The molecular formula is C61H38N6. The third-order valence-corrected chi connectivity index (χ3v) is 13.5. The molecule has 6 nitrogen and oxygen atoms in total. The van der Waals surface area contributed by atoms with E-state index in [0.29, 0.717) is 17.5 Å². The van der Waals surface area contributed by atoms with Gasteiger partial charge < -0.3 is 13.7 Å². The summed E-state index contributed by atoms with van der Waals surface area (Å²) in [6, 6.07) is 82.3. The molecule has 0 atom stereocenters. The molecule has 0 N–H and O–H groups in total. The van der Waals surface area contributed by atoms with Gasteiger partial charge in [-0.05, 0) is 47.9 Å². The van der Waals surface area contributed by atoms with E-state index in [1.54, 1.807) is 0 Å². The number of nitrogens with zero attached hydrogens (tertiary/aromatic N) is 6. The number of hydrogen-bond donors (Lipinski definition) is 0. The first-order valence-corrected chi connectivity index (χ1v) is 22.7. The number of hydrogen-bond acceptors (Lipinski definition) is 3. The Morgan fingerprint density at radius 1 is 0.254 bits per heavy atom. The number of aromatic nitrogens is 6. The molecule has 14 rings (SSSR count). The van der Waals surface area contributed by atoms with Crippen molar-refractivity contribution < 1.29 is 0 Å². The summed E-state index contributed by atoms with van der Waals surface area (Å²) in [5.74, 6) is 1.80. The van der Waals surface area contributed by atoms with E-state index < -0.39 is 0 Å². The molecular weight excluding hydrogens is 817 g/mol. The number of benzene rings is 10. The third-order valence-electron chi connectivity index (χ3n) is 13.5. The summed E-state index contributed by atoms with van der Waals surface area (Å²) in [5.41, 5.74) is 12.4. The maximum Gasteiger partial charge on any atom is 0.164 e. The van der Waals surface area contributed by atoms with Gasteiger partial charge in [0.1, 0.15) is 0 Å². The summed E-state index contributed by atoms with van der Waals surface area (Å²) in [6.45, 7) is 0. The molecule has 0 saturated carbocycles. The van der Waals surface area contributed by atoms with E-state index in [9.17, 15) is 0 Å². The molecule has 0 aliphatic heterocycles. The largest absolute Gasteiger partial charge is 0.307 e. The van der Waals surface area contributed by atoms with Crippen molar-refractivity contribution >= 4 is 76.2 Å². The monoisotopic (exact) mass is 854 g/mol. The molecule has 10 aromatic carbocycles. The fourth-order valence-electron chi connectivity index (χ4n) is 10.6. The smallest absolute Gasteiger partial charge is 0.164 e. The highest BCUT2D eigenvalue weighted by atomic mass is 15.1. The van der Waals surface area contributed by atoms with Crippen molar-refractivity contribution in [2.24, 2.45) is 0 Å². The highest BCUT2D eigenvalue weighted by Gasteiger charge is 2.27. The average molecular weight is 855 g/mol. The predicted molar refractivity (Wildman–Crippen MR) is 277 cm³/mol. The first kappa shape index (κ1) is 37.3. The van der Waals surface area contributed by atoms with Gasteiger partial charge >= 0.3 is 0 Å². The zero-order chi connectivity index (χ0) is 44.0. The second-order valence-electron chi connectivity index (χ2n) is 17.2. The fraction of sp³-hybridized carbons (Fsp3) is 0. The summed E-state index contributed by atoms with van der Waals surface area (Å²) in [7, 11) is 0. The van der Waals surface area contributed by atoms with Crippen LogP contribution in [0.2, 0.25) is 0 Å². The second kappa shape index (κ2) is 14.7. The van der Waals surface area contributed by atoms with Crippen LogP contribution in [0, 0.1) is 0 Å². The standard InChI is InChI=1S/C61H38N6/c1-3-20-40(21-4-1)59-62-60(41-22-5-2-6-23-41)64-61(63-59)42-37-55(65-50-30-14-9-25-44(50)45-26-10-15-31-51(45)65)58(56(38-42)66-52-32-16-11-27-46(52)47-28-12-17-33-53(47)66)67-54-34-18-13-29-48(54)49-36-35-39-19-7-8-24-43(39)57(49)67/h1-38H. The van der Waals surface area contributed by atoms with Gasteiger partial charge in [-0.2, -0.15) is 0 Å². The lowest BCUT2D eigenvalue weighted by Crippen LogP contribution is -2.10. The molecule has 0 amide bonds. The molecule has 14 aromatic rings. The topological polar surface area (TPSA) is 53.5 Å². The normalized spacial score (nSPS) is 11.9. The summed E-state index contributed by atoms with van der Waals surface area (Å²) >= 11 is 0. The van der Waals surface area contributed by atoms with Gasteiger partial charge in [0.25, 0.3) is 0 Å². The number of para-hydroxylation sites is 5. The maximum atomic E-state index is 5.38. The van der Waals surface area contributed by atoms with Crippen LogP contribution >= 0.6 is 0 Å². The number of rotatable bonds is 6. The lowest BCUT2D eigenvalue weighted by Gasteiger charge is -2.24. The highest BCUT2D eigenvalue weighted by Crippen LogP contribution is 2.46. The van der Waals surface area contributed by atoms with Crippen molar-refractivity contribution in [2.75, 3.05) is 0 Å². The molecule has 0 unspecified atom stereocenters. The molecule has 0 aliphatic rings. The fourth-order valence-corrected chi connectivity index (χ4v) is 10.6. The molecule has 0 spiro atoms. The minimum Gasteiger partial charge on any atom is -0.307 e. The Kier molecular flexibility index (Phi) is 8.18. The van der Waals surface area contributed by atoms with Gasteiger partial charge in [-0.3, -0.25) is 0 Å². The Balaban J connectivity index is 1.23. The molecule has 312 valence electrons. The minimum atomic E-state index is 0.580. The molecule has 6 heteroatoms. The highest BCUT2D eigenvalue weighted by molar-refractivity contribution is 6.20. The molecule has 0 fully saturated rings. The first-order valence-electron chi connectivity index (χ1n) is 22.7. The molecule has 67 heavy (non-hydrogen) atoms. The molecule has 0 radical (unpaired) electrons. The Hall–Kier alpha value is -9.13. The zero-order valence-electron chi connectivity index (χ0n) is 36.1. The Bertz CT molecular complexity index is 3970. The van der Waals surface area contributed by atoms with Crippen molar-refractivity contribution in [3.63, 3.8) is 0 Å². The van der Waals surface area contributed by atoms with E-state index in [4.69, 9.17) is 15.0 Å². The van der Waals surface area contributed by atoms with Gasteiger partial charge in [0.05, 0.1) is 50.2 Å². The van der Waals surface area contributed by atoms with E-state index in [2.05, 4.69) is 208 Å². The van der Waals surface area contributed by atoms with Crippen LogP contribution in [0.15, 0.2) is 231 Å². The van der Waals surface area contributed by atoms with E-state index in [1.807, 2.05) is 36.4 Å². The van der Waals surface area contributed by atoms with Crippen molar-refractivity contribution in [1.29, 1.82) is 0 Å². The second-order valence-corrected chi connectivity index (χ2v) is 17.2. The van der Waals surface area contributed by atoms with E-state index >= 15 is 0 Å². The maximum absolute atomic E-state index is 5.38. The molecule has 0 aliphatic carbocycles. The van der Waals surface area contributed by atoms with Crippen LogP contribution in [0.25, 0.3) is 127 Å². The van der Waals surface area contributed by atoms with E-state index in [-0.39, 0.29) is 0 Å². The van der Waals surface area contributed by atoms with Crippen LogP contribution < -0.4 is 0 Å². The van der Waals surface area contributed by atoms with E-state index in [1.165, 1.54) is 43.1 Å². The van der Waals surface area contributed by atoms with Crippen molar-refractivity contribution in [1.82, 2.24) is 28.7 Å². The quantitative estimate of drug-likeness (QED) is 0.167. The van der Waals surface area contributed by atoms with Gasteiger partial charge in [-0.15, -0.1) is 0 Å². The summed E-state index contributed by atoms with van der Waals surface area (Å²) in [6.07, 6.45) is 0. The number of fused-ring (bicyclic) bond motifs is 11. The lowest BCUT2D eigenvalue weighted by atomic mass is 10.0. The minimum absolute atomic E-state index is 0.580.